The Bertz CT molecular complexity index is 618. The van der Waals surface area contributed by atoms with E-state index < -0.39 is 16.0 Å². The Balaban J connectivity index is 2.10. The minimum absolute atomic E-state index is 0.0111. The fourth-order valence-electron chi connectivity index (χ4n) is 2.61. The van der Waals surface area contributed by atoms with Crippen molar-refractivity contribution in [3.8, 4) is 0 Å². The number of rotatable bonds is 5. The summed E-state index contributed by atoms with van der Waals surface area (Å²) in [7, 11) is -3.68. The first-order valence-corrected chi connectivity index (χ1v) is 9.97. The zero-order valence-electron chi connectivity index (χ0n) is 11.6. The van der Waals surface area contributed by atoms with E-state index in [1.807, 2.05) is 0 Å². The number of halogens is 1. The van der Waals surface area contributed by atoms with Gasteiger partial charge in [-0.3, -0.25) is 0 Å². The SMILES string of the molecule is CCC1CCC(NS(=O)(=O)c2cc(C(=O)O)sc2Br)CC1. The molecule has 0 spiro atoms. The summed E-state index contributed by atoms with van der Waals surface area (Å²) in [6, 6.07) is 1.15. The predicted octanol–water partition coefficient (Wildman–Crippen LogP) is 3.46. The summed E-state index contributed by atoms with van der Waals surface area (Å²) >= 11 is 4.06. The van der Waals surface area contributed by atoms with E-state index in [1.54, 1.807) is 0 Å². The molecule has 1 aliphatic rings. The van der Waals surface area contributed by atoms with Crippen molar-refractivity contribution in [2.24, 2.45) is 5.92 Å². The zero-order valence-corrected chi connectivity index (χ0v) is 14.9. The molecule has 0 atom stereocenters. The van der Waals surface area contributed by atoms with E-state index in [0.717, 1.165) is 43.4 Å². The van der Waals surface area contributed by atoms with Gasteiger partial charge in [-0.2, -0.15) is 0 Å². The van der Waals surface area contributed by atoms with Gasteiger partial charge in [-0.1, -0.05) is 13.3 Å². The highest BCUT2D eigenvalue weighted by Gasteiger charge is 2.28. The largest absolute Gasteiger partial charge is 0.477 e. The van der Waals surface area contributed by atoms with Gasteiger partial charge in [0.15, 0.2) is 0 Å². The average molecular weight is 396 g/mol. The van der Waals surface area contributed by atoms with Crippen LogP contribution in [0.4, 0.5) is 0 Å². The van der Waals surface area contributed by atoms with E-state index in [2.05, 4.69) is 27.6 Å². The molecule has 1 aromatic rings. The number of carbonyl (C=O) groups is 1. The first kappa shape index (κ1) is 16.9. The van der Waals surface area contributed by atoms with E-state index >= 15 is 0 Å². The molecule has 1 saturated carbocycles. The molecule has 0 aliphatic heterocycles. The van der Waals surface area contributed by atoms with E-state index in [9.17, 15) is 13.2 Å². The third-order valence-corrected chi connectivity index (χ3v) is 7.66. The van der Waals surface area contributed by atoms with Gasteiger partial charge in [0, 0.05) is 6.04 Å². The smallest absolute Gasteiger partial charge is 0.345 e. The molecule has 0 unspecified atom stereocenters. The third-order valence-electron chi connectivity index (χ3n) is 3.90. The molecule has 5 nitrogen and oxygen atoms in total. The van der Waals surface area contributed by atoms with Crippen molar-refractivity contribution in [3.05, 3.63) is 14.7 Å². The van der Waals surface area contributed by atoms with Crippen LogP contribution in [-0.4, -0.2) is 25.5 Å². The monoisotopic (exact) mass is 395 g/mol. The van der Waals surface area contributed by atoms with Gasteiger partial charge in [-0.25, -0.2) is 17.9 Å². The second-order valence-electron chi connectivity index (χ2n) is 5.30. The summed E-state index contributed by atoms with van der Waals surface area (Å²) < 4.78 is 27.8. The highest BCUT2D eigenvalue weighted by atomic mass is 79.9. The van der Waals surface area contributed by atoms with Gasteiger partial charge in [-0.05, 0) is 53.6 Å². The number of aromatic carboxylic acids is 1. The summed E-state index contributed by atoms with van der Waals surface area (Å²) in [6.45, 7) is 2.16. The van der Waals surface area contributed by atoms with Crippen LogP contribution in [0.1, 0.15) is 48.7 Å². The van der Waals surface area contributed by atoms with Crippen LogP contribution in [0.2, 0.25) is 0 Å². The van der Waals surface area contributed by atoms with Crippen molar-refractivity contribution >= 4 is 43.3 Å². The number of carboxylic acids is 1. The highest BCUT2D eigenvalue weighted by Crippen LogP contribution is 2.33. The van der Waals surface area contributed by atoms with Crippen LogP contribution in [0.15, 0.2) is 14.7 Å². The van der Waals surface area contributed by atoms with Crippen LogP contribution in [0.3, 0.4) is 0 Å². The van der Waals surface area contributed by atoms with Gasteiger partial charge in [0.05, 0.1) is 3.79 Å². The van der Waals surface area contributed by atoms with Gasteiger partial charge in [-0.15, -0.1) is 11.3 Å². The van der Waals surface area contributed by atoms with Crippen LogP contribution in [0.25, 0.3) is 0 Å². The maximum absolute atomic E-state index is 12.4. The van der Waals surface area contributed by atoms with Gasteiger partial charge >= 0.3 is 5.97 Å². The van der Waals surface area contributed by atoms with Crippen molar-refractivity contribution < 1.29 is 18.3 Å². The number of carboxylic acid groups (broad SMARTS) is 1. The normalized spacial score (nSPS) is 23.1. The van der Waals surface area contributed by atoms with Crippen LogP contribution in [0.5, 0.6) is 0 Å². The van der Waals surface area contributed by atoms with Crippen molar-refractivity contribution in [3.63, 3.8) is 0 Å². The standard InChI is InChI=1S/C13H18BrNO4S2/c1-2-8-3-5-9(6-4-8)15-21(18,19)11-7-10(13(16)17)20-12(11)14/h7-9,15H,2-6H2,1H3,(H,16,17). The van der Waals surface area contributed by atoms with Crippen LogP contribution in [-0.2, 0) is 10.0 Å². The van der Waals surface area contributed by atoms with E-state index in [4.69, 9.17) is 5.11 Å². The lowest BCUT2D eigenvalue weighted by Crippen LogP contribution is -2.37. The zero-order chi connectivity index (χ0) is 15.6. The molecule has 2 N–H and O–H groups in total. The average Bonchev–Trinajstić information content (AvgIpc) is 2.82. The molecular formula is C13H18BrNO4S2. The Labute approximate surface area is 136 Å². The fourth-order valence-corrected chi connectivity index (χ4v) is 6.32. The predicted molar refractivity (Wildman–Crippen MR) is 85.3 cm³/mol. The van der Waals surface area contributed by atoms with Gasteiger partial charge in [0.25, 0.3) is 0 Å². The fraction of sp³-hybridized carbons (Fsp3) is 0.615. The number of nitrogens with one attached hydrogen (secondary N) is 1. The Kier molecular flexibility index (Phi) is 5.45. The molecule has 0 bridgehead atoms. The van der Waals surface area contributed by atoms with E-state index in [-0.39, 0.29) is 15.8 Å². The van der Waals surface area contributed by atoms with Crippen LogP contribution in [0, 0.1) is 5.92 Å². The molecule has 1 fully saturated rings. The molecule has 0 saturated heterocycles. The molecule has 2 rings (SSSR count). The Morgan fingerprint density at radius 2 is 2.05 bits per heavy atom. The Morgan fingerprint density at radius 3 is 2.52 bits per heavy atom. The first-order chi connectivity index (χ1) is 9.83. The summed E-state index contributed by atoms with van der Waals surface area (Å²) in [5.41, 5.74) is 0. The van der Waals surface area contributed by atoms with E-state index in [1.165, 1.54) is 6.07 Å². The molecule has 118 valence electrons. The molecule has 0 amide bonds. The lowest BCUT2D eigenvalue weighted by Gasteiger charge is -2.28. The summed E-state index contributed by atoms with van der Waals surface area (Å²) in [5, 5.41) is 8.94. The molecular weight excluding hydrogens is 378 g/mol. The van der Waals surface area contributed by atoms with Crippen molar-refractivity contribution in [1.29, 1.82) is 0 Å². The van der Waals surface area contributed by atoms with Crippen LogP contribution < -0.4 is 4.72 Å². The summed E-state index contributed by atoms with van der Waals surface area (Å²) in [5.74, 6) is -0.428. The molecule has 0 radical (unpaired) electrons. The molecule has 21 heavy (non-hydrogen) atoms. The minimum atomic E-state index is -3.68. The lowest BCUT2D eigenvalue weighted by molar-refractivity contribution is 0.0702. The lowest BCUT2D eigenvalue weighted by atomic mass is 9.85. The van der Waals surface area contributed by atoms with E-state index in [0.29, 0.717) is 9.70 Å². The minimum Gasteiger partial charge on any atom is -0.477 e. The molecule has 8 heteroatoms. The maximum Gasteiger partial charge on any atom is 0.345 e. The molecule has 1 aromatic heterocycles. The number of hydrogen-bond acceptors (Lipinski definition) is 4. The summed E-state index contributed by atoms with van der Waals surface area (Å²) in [6.07, 6.45) is 4.89. The second-order valence-corrected chi connectivity index (χ2v) is 9.35. The van der Waals surface area contributed by atoms with Crippen molar-refractivity contribution in [2.75, 3.05) is 0 Å². The number of sulfonamides is 1. The number of hydrogen-bond donors (Lipinski definition) is 2. The van der Waals surface area contributed by atoms with Crippen molar-refractivity contribution in [2.45, 2.75) is 50.0 Å². The highest BCUT2D eigenvalue weighted by molar-refractivity contribution is 9.11. The van der Waals surface area contributed by atoms with Gasteiger partial charge in [0.2, 0.25) is 10.0 Å². The molecule has 1 aliphatic carbocycles. The molecule has 1 heterocycles. The topological polar surface area (TPSA) is 83.5 Å². The van der Waals surface area contributed by atoms with Crippen molar-refractivity contribution in [1.82, 2.24) is 4.72 Å². The Hall–Kier alpha value is -0.440. The maximum atomic E-state index is 12.4. The van der Waals surface area contributed by atoms with Gasteiger partial charge < -0.3 is 5.11 Å². The molecule has 0 aromatic carbocycles. The number of thiophene rings is 1. The van der Waals surface area contributed by atoms with Gasteiger partial charge in [0.1, 0.15) is 9.77 Å². The third kappa shape index (κ3) is 4.06. The quantitative estimate of drug-likeness (QED) is 0.799. The Morgan fingerprint density at radius 1 is 1.43 bits per heavy atom. The first-order valence-electron chi connectivity index (χ1n) is 6.88. The van der Waals surface area contributed by atoms with Crippen LogP contribution >= 0.6 is 27.3 Å². The summed E-state index contributed by atoms with van der Waals surface area (Å²) in [4.78, 5) is 11.0. The second kappa shape index (κ2) is 6.76.